The Kier molecular flexibility index (Phi) is 6.91. The summed E-state index contributed by atoms with van der Waals surface area (Å²) in [5.41, 5.74) is 0.441. The summed E-state index contributed by atoms with van der Waals surface area (Å²) in [7, 11) is 0. The van der Waals surface area contributed by atoms with Crippen LogP contribution in [0.4, 0.5) is 0 Å². The normalized spacial score (nSPS) is 47.4. The average molecular weight is 475 g/mol. The molecule has 5 fully saturated rings. The third kappa shape index (κ3) is 4.27. The van der Waals surface area contributed by atoms with Crippen LogP contribution in [0.2, 0.25) is 0 Å². The van der Waals surface area contributed by atoms with Crippen LogP contribution in [-0.4, -0.2) is 35.9 Å². The summed E-state index contributed by atoms with van der Waals surface area (Å²) in [4.78, 5) is 24.9. The van der Waals surface area contributed by atoms with Crippen molar-refractivity contribution in [1.82, 2.24) is 0 Å². The zero-order chi connectivity index (χ0) is 24.1. The number of ether oxygens (including phenoxy) is 2. The zero-order valence-electron chi connectivity index (χ0n) is 21.6. The molecule has 1 saturated heterocycles. The van der Waals surface area contributed by atoms with E-state index >= 15 is 0 Å². The van der Waals surface area contributed by atoms with Crippen molar-refractivity contribution in [3.05, 3.63) is 0 Å². The van der Waals surface area contributed by atoms with Crippen molar-refractivity contribution < 1.29 is 24.2 Å². The molecular formula is C29H46O5. The minimum Gasteiger partial charge on any atom is -0.481 e. The van der Waals surface area contributed by atoms with Gasteiger partial charge in [0.05, 0.1) is 6.10 Å². The molecule has 0 amide bonds. The van der Waals surface area contributed by atoms with E-state index in [0.717, 1.165) is 64.4 Å². The van der Waals surface area contributed by atoms with Crippen LogP contribution in [0.25, 0.3) is 0 Å². The second-order valence-corrected chi connectivity index (χ2v) is 13.1. The first-order chi connectivity index (χ1) is 16.2. The van der Waals surface area contributed by atoms with E-state index in [2.05, 4.69) is 20.8 Å². The molecule has 1 heterocycles. The fourth-order valence-electron chi connectivity index (χ4n) is 9.58. The Morgan fingerprint density at radius 3 is 2.59 bits per heavy atom. The number of rotatable bonds is 6. The van der Waals surface area contributed by atoms with Crippen molar-refractivity contribution in [3.63, 3.8) is 0 Å². The van der Waals surface area contributed by atoms with Crippen molar-refractivity contribution in [3.8, 4) is 0 Å². The van der Waals surface area contributed by atoms with Crippen LogP contribution in [0.3, 0.4) is 0 Å². The van der Waals surface area contributed by atoms with Crippen molar-refractivity contribution in [1.29, 1.82) is 0 Å². The third-order valence-corrected chi connectivity index (χ3v) is 11.5. The van der Waals surface area contributed by atoms with Crippen LogP contribution in [0.1, 0.15) is 104 Å². The molecule has 1 aliphatic heterocycles. The molecule has 5 aliphatic rings. The van der Waals surface area contributed by atoms with Crippen LogP contribution < -0.4 is 0 Å². The molecule has 0 radical (unpaired) electrons. The molecule has 34 heavy (non-hydrogen) atoms. The van der Waals surface area contributed by atoms with Crippen molar-refractivity contribution >= 4 is 11.8 Å². The molecule has 5 heteroatoms. The molecule has 0 aromatic rings. The Hall–Kier alpha value is -0.940. The maximum absolute atomic E-state index is 13.8. The van der Waals surface area contributed by atoms with Gasteiger partial charge < -0.3 is 14.6 Å². The lowest BCUT2D eigenvalue weighted by Crippen LogP contribution is -2.57. The van der Waals surface area contributed by atoms with E-state index in [1.807, 2.05) is 0 Å². The molecule has 0 spiro atoms. The van der Waals surface area contributed by atoms with Crippen LogP contribution in [-0.2, 0) is 19.1 Å². The molecule has 4 saturated carbocycles. The summed E-state index contributed by atoms with van der Waals surface area (Å²) in [6.07, 6.45) is 13.3. The maximum atomic E-state index is 13.8. The first-order valence-corrected chi connectivity index (χ1v) is 14.2. The third-order valence-electron chi connectivity index (χ3n) is 11.5. The Balaban J connectivity index is 1.28. The maximum Gasteiger partial charge on any atom is 0.303 e. The molecule has 5 rings (SSSR count). The van der Waals surface area contributed by atoms with Gasteiger partial charge in [0, 0.05) is 25.4 Å². The molecule has 1 N–H and O–H groups in total. The van der Waals surface area contributed by atoms with Gasteiger partial charge in [0.2, 0.25) is 0 Å². The molecule has 5 nitrogen and oxygen atoms in total. The van der Waals surface area contributed by atoms with Gasteiger partial charge in [0.15, 0.2) is 6.29 Å². The number of carbonyl (C=O) groups excluding carboxylic acids is 1. The molecule has 0 aromatic carbocycles. The van der Waals surface area contributed by atoms with Crippen molar-refractivity contribution in [2.24, 2.45) is 46.3 Å². The van der Waals surface area contributed by atoms with Gasteiger partial charge in [-0.15, -0.1) is 0 Å². The van der Waals surface area contributed by atoms with Gasteiger partial charge in [-0.25, -0.2) is 0 Å². The predicted molar refractivity (Wildman–Crippen MR) is 130 cm³/mol. The number of hydrogen-bond donors (Lipinski definition) is 1. The summed E-state index contributed by atoms with van der Waals surface area (Å²) in [5, 5.41) is 9.18. The number of carbonyl (C=O) groups is 2. The molecule has 4 aliphatic carbocycles. The smallest absolute Gasteiger partial charge is 0.303 e. The number of hydrogen-bond acceptors (Lipinski definition) is 4. The highest BCUT2D eigenvalue weighted by Gasteiger charge is 2.63. The molecule has 192 valence electrons. The summed E-state index contributed by atoms with van der Waals surface area (Å²) >= 11 is 0. The van der Waals surface area contributed by atoms with Crippen LogP contribution >= 0.6 is 0 Å². The van der Waals surface area contributed by atoms with Crippen molar-refractivity contribution in [2.45, 2.75) is 117 Å². The van der Waals surface area contributed by atoms with Gasteiger partial charge in [-0.3, -0.25) is 9.59 Å². The highest BCUT2D eigenvalue weighted by Crippen LogP contribution is 2.67. The van der Waals surface area contributed by atoms with Gasteiger partial charge >= 0.3 is 5.97 Å². The Morgan fingerprint density at radius 1 is 1.09 bits per heavy atom. The number of aliphatic carboxylic acids is 1. The predicted octanol–water partition coefficient (Wildman–Crippen LogP) is 6.24. The first-order valence-electron chi connectivity index (χ1n) is 14.2. The van der Waals surface area contributed by atoms with E-state index in [-0.39, 0.29) is 35.6 Å². The standard InChI is InChI=1S/C29H46O5/c1-18(7-10-25(31)32)21-8-9-22-27-23(12-14-29(21,22)3)28(2)13-11-20(16-19(28)17-24(27)30)34-26-6-4-5-15-33-26/h18-23,26-27H,4-17H2,1-3H3,(H,31,32)/t18-,19+,20-,21?,22?,23?,26?,27?,28+,29-/m1/s1. The second kappa shape index (κ2) is 9.50. The SMILES string of the molecule is C[C@H](CCC(=O)O)C1CCC2C3C(=O)C[C@@H]4C[C@H](OC5CCCCO5)CC[C@]4(C)C3CC[C@@]21C. The van der Waals surface area contributed by atoms with Crippen LogP contribution in [0, 0.1) is 46.3 Å². The topological polar surface area (TPSA) is 72.8 Å². The molecule has 5 unspecified atom stereocenters. The molecular weight excluding hydrogens is 428 g/mol. The lowest BCUT2D eigenvalue weighted by molar-refractivity contribution is -0.211. The van der Waals surface area contributed by atoms with E-state index in [0.29, 0.717) is 35.4 Å². The zero-order valence-corrected chi connectivity index (χ0v) is 21.6. The first kappa shape index (κ1) is 24.7. The van der Waals surface area contributed by atoms with Gasteiger partial charge in [-0.1, -0.05) is 20.8 Å². The fraction of sp³-hybridized carbons (Fsp3) is 0.931. The Bertz CT molecular complexity index is 774. The van der Waals surface area contributed by atoms with Gasteiger partial charge in [0.25, 0.3) is 0 Å². The van der Waals surface area contributed by atoms with E-state index in [1.165, 1.54) is 19.3 Å². The number of carboxylic acids is 1. The molecule has 0 bridgehead atoms. The summed E-state index contributed by atoms with van der Waals surface area (Å²) in [6, 6.07) is 0. The highest BCUT2D eigenvalue weighted by atomic mass is 16.7. The molecule has 0 aromatic heterocycles. The minimum absolute atomic E-state index is 0.0379. The fourth-order valence-corrected chi connectivity index (χ4v) is 9.58. The van der Waals surface area contributed by atoms with Crippen molar-refractivity contribution in [2.75, 3.05) is 6.61 Å². The summed E-state index contributed by atoms with van der Waals surface area (Å²) < 4.78 is 12.2. The summed E-state index contributed by atoms with van der Waals surface area (Å²) in [6.45, 7) is 8.01. The Morgan fingerprint density at radius 2 is 1.85 bits per heavy atom. The highest BCUT2D eigenvalue weighted by molar-refractivity contribution is 5.83. The monoisotopic (exact) mass is 474 g/mol. The molecule has 10 atom stereocenters. The van der Waals surface area contributed by atoms with Gasteiger partial charge in [0.1, 0.15) is 5.78 Å². The number of ketones is 1. The minimum atomic E-state index is -0.689. The number of fused-ring (bicyclic) bond motifs is 5. The number of carboxylic acid groups (broad SMARTS) is 1. The van der Waals surface area contributed by atoms with Gasteiger partial charge in [-0.05, 0) is 111 Å². The lowest BCUT2D eigenvalue weighted by atomic mass is 9.44. The van der Waals surface area contributed by atoms with E-state index < -0.39 is 5.97 Å². The quantitative estimate of drug-likeness (QED) is 0.462. The van der Waals surface area contributed by atoms with E-state index in [9.17, 15) is 14.7 Å². The van der Waals surface area contributed by atoms with E-state index in [1.54, 1.807) is 0 Å². The summed E-state index contributed by atoms with van der Waals surface area (Å²) in [5.74, 6) is 2.46. The van der Waals surface area contributed by atoms with Crippen LogP contribution in [0.15, 0.2) is 0 Å². The lowest BCUT2D eigenvalue weighted by Gasteiger charge is -2.60. The second-order valence-electron chi connectivity index (χ2n) is 13.1. The van der Waals surface area contributed by atoms with Gasteiger partial charge in [-0.2, -0.15) is 0 Å². The van der Waals surface area contributed by atoms with Crippen LogP contribution in [0.5, 0.6) is 0 Å². The average Bonchev–Trinajstić information content (AvgIpc) is 3.16. The number of Topliss-reactive ketones (excluding diaryl/α,β-unsaturated/α-hetero) is 1. The largest absolute Gasteiger partial charge is 0.481 e. The Labute approximate surface area is 205 Å². The van der Waals surface area contributed by atoms with E-state index in [4.69, 9.17) is 9.47 Å².